The lowest BCUT2D eigenvalue weighted by molar-refractivity contribution is 0.284. The zero-order valence-corrected chi connectivity index (χ0v) is 17.1. The van der Waals surface area contributed by atoms with Crippen LogP contribution < -0.4 is 10.4 Å². The predicted molar refractivity (Wildman–Crippen MR) is 108 cm³/mol. The van der Waals surface area contributed by atoms with Gasteiger partial charge in [-0.2, -0.15) is 10.4 Å². The van der Waals surface area contributed by atoms with Crippen molar-refractivity contribution >= 4 is 23.2 Å². The van der Waals surface area contributed by atoms with Crippen molar-refractivity contribution in [2.75, 3.05) is 0 Å². The van der Waals surface area contributed by atoms with E-state index in [0.29, 0.717) is 27.2 Å². The summed E-state index contributed by atoms with van der Waals surface area (Å²) < 4.78 is 7.35. The lowest BCUT2D eigenvalue weighted by Crippen LogP contribution is -2.21. The first kappa shape index (κ1) is 20.0. The summed E-state index contributed by atoms with van der Waals surface area (Å²) in [6.07, 6.45) is 0. The zero-order chi connectivity index (χ0) is 20.5. The van der Waals surface area contributed by atoms with E-state index in [0.717, 1.165) is 11.1 Å². The van der Waals surface area contributed by atoms with Crippen LogP contribution in [0.2, 0.25) is 10.0 Å². The summed E-state index contributed by atoms with van der Waals surface area (Å²) in [6, 6.07) is 12.7. The Morgan fingerprint density at radius 1 is 1.21 bits per heavy atom. The van der Waals surface area contributed by atoms with Crippen molar-refractivity contribution in [1.29, 1.82) is 5.26 Å². The minimum Gasteiger partial charge on any atom is -0.485 e. The number of hydrogen-bond acceptors (Lipinski definition) is 4. The Hall–Kier alpha value is -2.75. The molecule has 0 amide bonds. The smallest absolute Gasteiger partial charge is 0.343 e. The second-order valence-corrected chi connectivity index (χ2v) is 7.77. The van der Waals surface area contributed by atoms with Gasteiger partial charge in [-0.15, -0.1) is 0 Å². The second-order valence-electron chi connectivity index (χ2n) is 6.90. The minimum absolute atomic E-state index is 0.110. The highest BCUT2D eigenvalue weighted by molar-refractivity contribution is 6.31. The first-order chi connectivity index (χ1) is 13.2. The summed E-state index contributed by atoms with van der Waals surface area (Å²) >= 11 is 12.5. The third-order valence-corrected chi connectivity index (χ3v) is 5.15. The number of nitriles is 1. The fourth-order valence-electron chi connectivity index (χ4n) is 2.94. The lowest BCUT2D eigenvalue weighted by Gasteiger charge is -2.29. The van der Waals surface area contributed by atoms with Crippen LogP contribution in [0.1, 0.15) is 36.4 Å². The number of nitrogens with one attached hydrogen (secondary N) is 1. The van der Waals surface area contributed by atoms with Crippen LogP contribution in [0, 0.1) is 11.3 Å². The van der Waals surface area contributed by atoms with Crippen molar-refractivity contribution in [2.45, 2.75) is 25.9 Å². The molecule has 0 radical (unpaired) electrons. The van der Waals surface area contributed by atoms with Gasteiger partial charge in [-0.25, -0.2) is 9.89 Å². The zero-order valence-electron chi connectivity index (χ0n) is 15.6. The highest BCUT2D eigenvalue weighted by Gasteiger charge is 2.28. The van der Waals surface area contributed by atoms with Gasteiger partial charge in [0.2, 0.25) is 0 Å². The van der Waals surface area contributed by atoms with Gasteiger partial charge in [0, 0.05) is 28.1 Å². The van der Waals surface area contributed by atoms with Crippen LogP contribution >= 0.6 is 23.2 Å². The largest absolute Gasteiger partial charge is 0.485 e. The summed E-state index contributed by atoms with van der Waals surface area (Å²) in [5.41, 5.74) is 1.31. The maximum absolute atomic E-state index is 11.5. The Balaban J connectivity index is 2.02. The molecule has 2 aromatic carbocycles. The monoisotopic (exact) mass is 416 g/mol. The molecular formula is C20H18Cl2N4O2. The van der Waals surface area contributed by atoms with Crippen molar-refractivity contribution in [1.82, 2.24) is 14.8 Å². The Bertz CT molecular complexity index is 1130. The van der Waals surface area contributed by atoms with Gasteiger partial charge in [-0.05, 0) is 42.0 Å². The van der Waals surface area contributed by atoms with Crippen LogP contribution in [-0.4, -0.2) is 14.8 Å². The van der Waals surface area contributed by atoms with Crippen molar-refractivity contribution in [3.8, 4) is 11.8 Å². The molecule has 0 atom stereocenters. The van der Waals surface area contributed by atoms with Gasteiger partial charge in [-0.3, -0.25) is 4.57 Å². The maximum atomic E-state index is 11.5. The molecule has 28 heavy (non-hydrogen) atoms. The second kappa shape index (κ2) is 7.70. The molecule has 0 saturated carbocycles. The molecule has 0 unspecified atom stereocenters. The Labute approximate surface area is 172 Å². The van der Waals surface area contributed by atoms with E-state index in [-0.39, 0.29) is 12.3 Å². The Morgan fingerprint density at radius 2 is 1.96 bits per heavy atom. The number of hydrogen-bond donors (Lipinski definition) is 1. The molecule has 1 N–H and O–H groups in total. The molecule has 0 aliphatic heterocycles. The molecule has 0 spiro atoms. The molecule has 3 aromatic rings. The van der Waals surface area contributed by atoms with Gasteiger partial charge in [0.25, 0.3) is 0 Å². The van der Waals surface area contributed by atoms with Gasteiger partial charge in [0.1, 0.15) is 12.4 Å². The van der Waals surface area contributed by atoms with E-state index in [1.54, 1.807) is 31.3 Å². The van der Waals surface area contributed by atoms with Gasteiger partial charge in [0.15, 0.2) is 5.82 Å². The number of benzene rings is 2. The van der Waals surface area contributed by atoms with Gasteiger partial charge in [-0.1, -0.05) is 37.0 Å². The normalized spacial score (nSPS) is 11.3. The summed E-state index contributed by atoms with van der Waals surface area (Å²) in [5.74, 6) is 1.07. The Morgan fingerprint density at radius 3 is 2.61 bits per heavy atom. The molecule has 6 nitrogen and oxygen atoms in total. The van der Waals surface area contributed by atoms with Gasteiger partial charge < -0.3 is 4.74 Å². The molecule has 0 bridgehead atoms. The highest BCUT2D eigenvalue weighted by Crippen LogP contribution is 2.40. The first-order valence-electron chi connectivity index (χ1n) is 8.46. The van der Waals surface area contributed by atoms with Gasteiger partial charge >= 0.3 is 5.69 Å². The average Bonchev–Trinajstić information content (AvgIpc) is 2.98. The molecule has 1 aromatic heterocycles. The lowest BCUT2D eigenvalue weighted by atomic mass is 9.77. The van der Waals surface area contributed by atoms with E-state index in [4.69, 9.17) is 27.9 Å². The summed E-state index contributed by atoms with van der Waals surface area (Å²) in [6.45, 7) is 4.12. The van der Waals surface area contributed by atoms with E-state index in [9.17, 15) is 10.1 Å². The third kappa shape index (κ3) is 3.91. The van der Waals surface area contributed by atoms with Crippen LogP contribution in [0.3, 0.4) is 0 Å². The Kier molecular flexibility index (Phi) is 5.50. The average molecular weight is 417 g/mol. The van der Waals surface area contributed by atoms with E-state index >= 15 is 0 Å². The molecule has 8 heteroatoms. The SMILES string of the molecule is Cn1c(COc2ccc(Cl)cc2C(C)(C)c2cc(Cl)cc(C#N)c2)n[nH]c1=O. The quantitative estimate of drug-likeness (QED) is 0.675. The number of H-pyrrole nitrogens is 1. The third-order valence-electron chi connectivity index (χ3n) is 4.69. The highest BCUT2D eigenvalue weighted by atomic mass is 35.5. The number of aromatic amines is 1. The van der Waals surface area contributed by atoms with Crippen LogP contribution in [0.5, 0.6) is 5.75 Å². The fraction of sp³-hybridized carbons (Fsp3) is 0.250. The fourth-order valence-corrected chi connectivity index (χ4v) is 3.35. The van der Waals surface area contributed by atoms with Crippen LogP contribution in [-0.2, 0) is 19.1 Å². The van der Waals surface area contributed by atoms with E-state index in [1.165, 1.54) is 4.57 Å². The molecule has 0 aliphatic rings. The number of aromatic nitrogens is 3. The van der Waals surface area contributed by atoms with Crippen LogP contribution in [0.15, 0.2) is 41.2 Å². The summed E-state index contributed by atoms with van der Waals surface area (Å²) in [7, 11) is 1.62. The van der Waals surface area contributed by atoms with Gasteiger partial charge in [0.05, 0.1) is 11.6 Å². The summed E-state index contributed by atoms with van der Waals surface area (Å²) in [4.78, 5) is 11.5. The molecule has 1 heterocycles. The number of nitrogens with zero attached hydrogens (tertiary/aromatic N) is 3. The van der Waals surface area contributed by atoms with E-state index in [2.05, 4.69) is 16.3 Å². The first-order valence-corrected chi connectivity index (χ1v) is 9.22. The standard InChI is InChI=1S/C20H18Cl2N4O2/c1-20(2,13-6-12(10-23)7-15(22)8-13)16-9-14(21)4-5-17(16)28-11-18-24-25-19(27)26(18)3/h4-9H,11H2,1-3H3,(H,25,27). The molecular weight excluding hydrogens is 399 g/mol. The van der Waals surface area contributed by atoms with Crippen molar-refractivity contribution in [3.05, 3.63) is 79.4 Å². The minimum atomic E-state index is -0.547. The van der Waals surface area contributed by atoms with Crippen molar-refractivity contribution in [2.24, 2.45) is 7.05 Å². The number of halogens is 2. The number of ether oxygens (including phenoxy) is 1. The van der Waals surface area contributed by atoms with Crippen LogP contribution in [0.25, 0.3) is 0 Å². The molecule has 144 valence electrons. The molecule has 0 saturated heterocycles. The van der Waals surface area contributed by atoms with E-state index in [1.807, 2.05) is 26.0 Å². The molecule has 3 rings (SSSR count). The topological polar surface area (TPSA) is 83.7 Å². The molecule has 0 fully saturated rings. The van der Waals surface area contributed by atoms with Crippen molar-refractivity contribution in [3.63, 3.8) is 0 Å². The van der Waals surface area contributed by atoms with Crippen molar-refractivity contribution < 1.29 is 4.74 Å². The number of rotatable bonds is 5. The van der Waals surface area contributed by atoms with Crippen LogP contribution in [0.4, 0.5) is 0 Å². The van der Waals surface area contributed by atoms with E-state index < -0.39 is 5.41 Å². The summed E-state index contributed by atoms with van der Waals surface area (Å²) in [5, 5.41) is 16.6. The predicted octanol–water partition coefficient (Wildman–Crippen LogP) is 4.19. The maximum Gasteiger partial charge on any atom is 0.343 e. The molecule has 0 aliphatic carbocycles.